The third kappa shape index (κ3) is 3.87. The van der Waals surface area contributed by atoms with E-state index in [4.69, 9.17) is 11.6 Å². The van der Waals surface area contributed by atoms with E-state index in [1.165, 1.54) is 0 Å². The van der Waals surface area contributed by atoms with Crippen LogP contribution in [0.2, 0.25) is 5.02 Å². The molecule has 0 bridgehead atoms. The van der Waals surface area contributed by atoms with E-state index in [0.29, 0.717) is 34.3 Å². The van der Waals surface area contributed by atoms with Crippen LogP contribution in [0.25, 0.3) is 6.08 Å². The van der Waals surface area contributed by atoms with Gasteiger partial charge >= 0.3 is 5.69 Å². The molecule has 0 amide bonds. The standard InChI is InChI=1S/C19H19ClN8O2/c20-12-3-1-10(2-4-12)8-21-17-25-15-11(7-14-16(29)26-19(30)24-14)9-22-28(15)18(27-17)23-13-5-6-13/h1-4,7,9,13,17,21,29H,5-6,8H2,(H,23,27)(H2,24,26,30). The Labute approximate surface area is 175 Å². The average Bonchev–Trinajstić information content (AvgIpc) is 3.36. The highest BCUT2D eigenvalue weighted by Gasteiger charge is 2.26. The third-order valence-corrected chi connectivity index (χ3v) is 5.06. The number of aliphatic imine (C=N–C) groups is 1. The highest BCUT2D eigenvalue weighted by molar-refractivity contribution is 6.30. The molecule has 30 heavy (non-hydrogen) atoms. The Morgan fingerprint density at radius 2 is 2.03 bits per heavy atom. The maximum Gasteiger partial charge on any atom is 0.326 e. The molecule has 3 aromatic rings. The zero-order valence-electron chi connectivity index (χ0n) is 15.8. The molecule has 154 valence electrons. The number of rotatable bonds is 5. The van der Waals surface area contributed by atoms with Gasteiger partial charge in [0.2, 0.25) is 11.8 Å². The van der Waals surface area contributed by atoms with E-state index < -0.39 is 12.0 Å². The monoisotopic (exact) mass is 426 g/mol. The molecule has 1 unspecified atom stereocenters. The molecule has 3 heterocycles. The van der Waals surface area contributed by atoms with Crippen molar-refractivity contribution >= 4 is 23.6 Å². The van der Waals surface area contributed by atoms with Crippen LogP contribution < -0.4 is 27.0 Å². The molecule has 5 N–H and O–H groups in total. The number of benzene rings is 1. The molecule has 2 aromatic heterocycles. The van der Waals surface area contributed by atoms with E-state index in [2.05, 4.69) is 35.7 Å². The van der Waals surface area contributed by atoms with Gasteiger partial charge in [0, 0.05) is 22.8 Å². The fourth-order valence-electron chi connectivity index (χ4n) is 3.11. The van der Waals surface area contributed by atoms with Crippen molar-refractivity contribution in [2.24, 2.45) is 9.98 Å². The Kier molecular flexibility index (Phi) is 4.64. The van der Waals surface area contributed by atoms with Crippen LogP contribution in [0.5, 0.6) is 5.88 Å². The summed E-state index contributed by atoms with van der Waals surface area (Å²) in [7, 11) is 0. The van der Waals surface area contributed by atoms with Gasteiger partial charge in [0.15, 0.2) is 11.8 Å². The van der Waals surface area contributed by atoms with Crippen molar-refractivity contribution in [3.05, 3.63) is 67.9 Å². The molecule has 1 saturated carbocycles. The second kappa shape index (κ2) is 7.47. The lowest BCUT2D eigenvalue weighted by Gasteiger charge is -2.18. The third-order valence-electron chi connectivity index (χ3n) is 4.81. The highest BCUT2D eigenvalue weighted by Crippen LogP contribution is 2.19. The van der Waals surface area contributed by atoms with Crippen molar-refractivity contribution < 1.29 is 5.11 Å². The van der Waals surface area contributed by atoms with Crippen molar-refractivity contribution in [1.29, 1.82) is 0 Å². The van der Waals surface area contributed by atoms with Gasteiger partial charge in [-0.3, -0.25) is 10.3 Å². The minimum absolute atomic E-state index is 0.238. The Morgan fingerprint density at radius 3 is 2.73 bits per heavy atom. The first-order valence-corrected chi connectivity index (χ1v) is 9.90. The van der Waals surface area contributed by atoms with Gasteiger partial charge in [0.25, 0.3) is 0 Å². The SMILES string of the molecule is O=c1[nH]c(O)c(C=c2cnn3c2=NC(NCc2ccc(Cl)cc2)N=C3NC2CC2)[nH]1. The van der Waals surface area contributed by atoms with Crippen LogP contribution in [-0.4, -0.2) is 43.1 Å². The minimum atomic E-state index is -0.517. The van der Waals surface area contributed by atoms with E-state index in [1.807, 2.05) is 24.3 Å². The zero-order valence-corrected chi connectivity index (χ0v) is 16.5. The first-order chi connectivity index (χ1) is 14.5. The number of aromatic nitrogens is 4. The van der Waals surface area contributed by atoms with Crippen LogP contribution in [0, 0.1) is 0 Å². The zero-order chi connectivity index (χ0) is 20.7. The summed E-state index contributed by atoms with van der Waals surface area (Å²) in [5, 5.41) is 22.3. The summed E-state index contributed by atoms with van der Waals surface area (Å²) in [6.45, 7) is 0.560. The summed E-state index contributed by atoms with van der Waals surface area (Å²) in [4.78, 5) is 25.6. The molecule has 1 fully saturated rings. The van der Waals surface area contributed by atoms with Crippen molar-refractivity contribution in [3.8, 4) is 5.88 Å². The summed E-state index contributed by atoms with van der Waals surface area (Å²) in [5.74, 6) is 0.376. The average molecular weight is 427 g/mol. The Bertz CT molecular complexity index is 1280. The fourth-order valence-corrected chi connectivity index (χ4v) is 3.24. The number of nitrogens with one attached hydrogen (secondary N) is 4. The van der Waals surface area contributed by atoms with Crippen molar-refractivity contribution in [2.45, 2.75) is 31.7 Å². The number of hydrogen-bond donors (Lipinski definition) is 5. The summed E-state index contributed by atoms with van der Waals surface area (Å²) < 4.78 is 1.63. The molecule has 5 rings (SSSR count). The molecule has 1 atom stereocenters. The van der Waals surface area contributed by atoms with Crippen LogP contribution in [0.3, 0.4) is 0 Å². The van der Waals surface area contributed by atoms with Gasteiger partial charge in [0.1, 0.15) is 5.69 Å². The lowest BCUT2D eigenvalue weighted by molar-refractivity contribution is 0.454. The largest absolute Gasteiger partial charge is 0.493 e. The molecular weight excluding hydrogens is 408 g/mol. The van der Waals surface area contributed by atoms with Crippen LogP contribution in [-0.2, 0) is 6.54 Å². The molecule has 2 aliphatic rings. The molecule has 1 aromatic carbocycles. The van der Waals surface area contributed by atoms with Crippen LogP contribution in [0.4, 0.5) is 0 Å². The Hall–Kier alpha value is -3.37. The van der Waals surface area contributed by atoms with Gasteiger partial charge < -0.3 is 15.4 Å². The number of aromatic amines is 2. The lowest BCUT2D eigenvalue weighted by atomic mass is 10.2. The van der Waals surface area contributed by atoms with Crippen LogP contribution >= 0.6 is 11.6 Å². The quantitative estimate of drug-likeness (QED) is 0.383. The van der Waals surface area contributed by atoms with E-state index >= 15 is 0 Å². The van der Waals surface area contributed by atoms with E-state index in [9.17, 15) is 9.90 Å². The predicted molar refractivity (Wildman–Crippen MR) is 111 cm³/mol. The van der Waals surface area contributed by atoms with Gasteiger partial charge in [-0.1, -0.05) is 23.7 Å². The molecule has 0 spiro atoms. The maximum absolute atomic E-state index is 11.4. The van der Waals surface area contributed by atoms with E-state index in [1.54, 1.807) is 17.0 Å². The highest BCUT2D eigenvalue weighted by atomic mass is 35.5. The topological polar surface area (TPSA) is 135 Å². The Morgan fingerprint density at radius 1 is 1.23 bits per heavy atom. The van der Waals surface area contributed by atoms with Crippen molar-refractivity contribution in [3.63, 3.8) is 0 Å². The van der Waals surface area contributed by atoms with Gasteiger partial charge in [-0.2, -0.15) is 9.78 Å². The normalized spacial score (nSPS) is 18.6. The molecular formula is C19H19ClN8O2. The van der Waals surface area contributed by atoms with Gasteiger partial charge in [-0.05, 0) is 36.6 Å². The Balaban J connectivity index is 1.49. The number of halogens is 1. The van der Waals surface area contributed by atoms with E-state index in [-0.39, 0.29) is 11.6 Å². The molecule has 0 radical (unpaired) electrons. The second-order valence-corrected chi connectivity index (χ2v) is 7.64. The number of aromatic hydroxyl groups is 1. The minimum Gasteiger partial charge on any atom is -0.493 e. The summed E-state index contributed by atoms with van der Waals surface area (Å²) in [6.07, 6.45) is 4.90. The van der Waals surface area contributed by atoms with Gasteiger partial charge in [-0.15, -0.1) is 0 Å². The van der Waals surface area contributed by atoms with Gasteiger partial charge in [-0.25, -0.2) is 14.8 Å². The molecule has 10 nitrogen and oxygen atoms in total. The predicted octanol–water partition coefficient (Wildman–Crippen LogP) is -0.250. The van der Waals surface area contributed by atoms with Crippen molar-refractivity contribution in [1.82, 2.24) is 30.4 Å². The maximum atomic E-state index is 11.4. The fraction of sp³-hybridized carbons (Fsp3) is 0.263. The number of hydrogen-bond acceptors (Lipinski definition) is 7. The summed E-state index contributed by atoms with van der Waals surface area (Å²) in [5.41, 5.74) is 1.40. The van der Waals surface area contributed by atoms with Crippen LogP contribution in [0.1, 0.15) is 24.1 Å². The van der Waals surface area contributed by atoms with Crippen LogP contribution in [0.15, 0.2) is 45.2 Å². The summed E-state index contributed by atoms with van der Waals surface area (Å²) >= 11 is 5.95. The smallest absolute Gasteiger partial charge is 0.326 e. The number of nitrogens with zero attached hydrogens (tertiary/aromatic N) is 4. The second-order valence-electron chi connectivity index (χ2n) is 7.20. The lowest BCUT2D eigenvalue weighted by Crippen LogP contribution is -2.48. The first-order valence-electron chi connectivity index (χ1n) is 9.52. The van der Waals surface area contributed by atoms with E-state index in [0.717, 1.165) is 18.4 Å². The first kappa shape index (κ1) is 18.6. The molecule has 11 heteroatoms. The van der Waals surface area contributed by atoms with Crippen molar-refractivity contribution in [2.75, 3.05) is 0 Å². The summed E-state index contributed by atoms with van der Waals surface area (Å²) in [6, 6.07) is 7.95. The number of imidazole rings is 1. The number of fused-ring (bicyclic) bond motifs is 1. The number of H-pyrrole nitrogens is 2. The van der Waals surface area contributed by atoms with Gasteiger partial charge in [0.05, 0.1) is 6.20 Å². The molecule has 1 aliphatic heterocycles. The molecule has 1 aliphatic carbocycles. The molecule has 0 saturated heterocycles.